The minimum absolute atomic E-state index is 0.0647. The molecule has 2 aromatic rings. The maximum atomic E-state index is 12.0. The Hall–Kier alpha value is -2.21. The maximum Gasteiger partial charge on any atom is 0.224 e. The third kappa shape index (κ3) is 3.66. The number of nitrogens with zero attached hydrogens (tertiary/aromatic N) is 3. The van der Waals surface area contributed by atoms with Crippen molar-refractivity contribution in [1.29, 1.82) is 0 Å². The van der Waals surface area contributed by atoms with Crippen LogP contribution in [0.5, 0.6) is 0 Å². The summed E-state index contributed by atoms with van der Waals surface area (Å²) in [6.45, 7) is 1.90. The van der Waals surface area contributed by atoms with Gasteiger partial charge in [0.2, 0.25) is 11.3 Å². The highest BCUT2D eigenvalue weighted by Crippen LogP contribution is 2.08. The molecule has 0 spiro atoms. The van der Waals surface area contributed by atoms with E-state index >= 15 is 0 Å². The first-order valence-corrected chi connectivity index (χ1v) is 6.97. The Morgan fingerprint density at radius 3 is 2.90 bits per heavy atom. The number of likely N-dealkylation sites (N-methyl/N-ethyl adjacent to an activating group) is 2. The molecule has 1 aromatic carbocycles. The van der Waals surface area contributed by atoms with Gasteiger partial charge in [0.25, 0.3) is 0 Å². The van der Waals surface area contributed by atoms with Crippen molar-refractivity contribution in [3.05, 3.63) is 40.7 Å². The molecule has 1 heterocycles. The Bertz CT molecular complexity index is 681. The third-order valence-corrected chi connectivity index (χ3v) is 3.42. The number of para-hydroxylation sites is 1. The second kappa shape index (κ2) is 6.99. The fourth-order valence-corrected chi connectivity index (χ4v) is 2.14. The molecule has 0 radical (unpaired) electrons. The van der Waals surface area contributed by atoms with Gasteiger partial charge < -0.3 is 10.2 Å². The van der Waals surface area contributed by atoms with E-state index in [0.29, 0.717) is 24.9 Å². The second-order valence-corrected chi connectivity index (χ2v) is 4.92. The van der Waals surface area contributed by atoms with E-state index in [-0.39, 0.29) is 11.3 Å². The van der Waals surface area contributed by atoms with Crippen LogP contribution in [0.25, 0.3) is 10.9 Å². The van der Waals surface area contributed by atoms with Crippen LogP contribution >= 0.6 is 0 Å². The first-order chi connectivity index (χ1) is 10.1. The molecule has 0 unspecified atom stereocenters. The lowest BCUT2D eigenvalue weighted by Gasteiger charge is -2.17. The molecule has 0 saturated heterocycles. The van der Waals surface area contributed by atoms with Crippen molar-refractivity contribution < 1.29 is 4.79 Å². The first kappa shape index (κ1) is 15.2. The Labute approximate surface area is 123 Å². The lowest BCUT2D eigenvalue weighted by molar-refractivity contribution is -0.130. The SMILES string of the molecule is CNCCN(C)C(=O)CCn1ncc(=O)c2ccccc21. The van der Waals surface area contributed by atoms with Gasteiger partial charge in [0, 0.05) is 31.9 Å². The summed E-state index contributed by atoms with van der Waals surface area (Å²) in [4.78, 5) is 25.5. The zero-order valence-corrected chi connectivity index (χ0v) is 12.4. The fourth-order valence-electron chi connectivity index (χ4n) is 2.14. The van der Waals surface area contributed by atoms with Crippen molar-refractivity contribution in [2.24, 2.45) is 0 Å². The van der Waals surface area contributed by atoms with Gasteiger partial charge in [-0.25, -0.2) is 0 Å². The predicted molar refractivity (Wildman–Crippen MR) is 82.2 cm³/mol. The van der Waals surface area contributed by atoms with Gasteiger partial charge >= 0.3 is 0 Å². The zero-order chi connectivity index (χ0) is 15.2. The summed E-state index contributed by atoms with van der Waals surface area (Å²) in [5, 5.41) is 7.76. The highest BCUT2D eigenvalue weighted by atomic mass is 16.2. The summed E-state index contributed by atoms with van der Waals surface area (Å²) in [5.74, 6) is 0.0647. The molecule has 0 aliphatic carbocycles. The van der Waals surface area contributed by atoms with Crippen LogP contribution in [0.15, 0.2) is 35.3 Å². The molecule has 1 N–H and O–H groups in total. The Balaban J connectivity index is 2.09. The predicted octanol–water partition coefficient (Wildman–Crippen LogP) is 0.464. The van der Waals surface area contributed by atoms with Gasteiger partial charge in [0.1, 0.15) is 0 Å². The normalized spacial score (nSPS) is 10.8. The summed E-state index contributed by atoms with van der Waals surface area (Å²) >= 11 is 0. The van der Waals surface area contributed by atoms with Crippen molar-refractivity contribution in [1.82, 2.24) is 20.0 Å². The standard InChI is InChI=1S/C15H20N4O2/c1-16-8-10-18(2)15(21)7-9-19-13-6-4-3-5-12(13)14(20)11-17-19/h3-6,11,16H,7-10H2,1-2H3. The number of fused-ring (bicyclic) bond motifs is 1. The Morgan fingerprint density at radius 1 is 1.38 bits per heavy atom. The zero-order valence-electron chi connectivity index (χ0n) is 12.4. The Kier molecular flexibility index (Phi) is 5.05. The van der Waals surface area contributed by atoms with Gasteiger partial charge in [-0.15, -0.1) is 0 Å². The number of nitrogens with one attached hydrogen (secondary N) is 1. The van der Waals surface area contributed by atoms with Gasteiger partial charge in [-0.3, -0.25) is 14.3 Å². The van der Waals surface area contributed by atoms with Crippen LogP contribution in [-0.2, 0) is 11.3 Å². The van der Waals surface area contributed by atoms with E-state index in [0.717, 1.165) is 12.1 Å². The van der Waals surface area contributed by atoms with E-state index in [1.165, 1.54) is 6.20 Å². The van der Waals surface area contributed by atoms with Crippen molar-refractivity contribution in [2.45, 2.75) is 13.0 Å². The molecule has 6 nitrogen and oxygen atoms in total. The van der Waals surface area contributed by atoms with Gasteiger partial charge in [-0.05, 0) is 19.2 Å². The van der Waals surface area contributed by atoms with Gasteiger partial charge in [0.15, 0.2) is 0 Å². The number of aryl methyl sites for hydroxylation is 1. The number of benzene rings is 1. The van der Waals surface area contributed by atoms with Crippen molar-refractivity contribution in [3.8, 4) is 0 Å². The molecule has 112 valence electrons. The summed E-state index contributed by atoms with van der Waals surface area (Å²) in [6.07, 6.45) is 1.66. The molecule has 0 fully saturated rings. The summed E-state index contributed by atoms with van der Waals surface area (Å²) in [6, 6.07) is 7.31. The molecule has 0 saturated carbocycles. The lowest BCUT2D eigenvalue weighted by atomic mass is 10.2. The molecule has 1 amide bonds. The summed E-state index contributed by atoms with van der Waals surface area (Å²) < 4.78 is 1.71. The number of amides is 1. The monoisotopic (exact) mass is 288 g/mol. The first-order valence-electron chi connectivity index (χ1n) is 6.97. The maximum absolute atomic E-state index is 12.0. The minimum atomic E-state index is -0.0979. The molecular weight excluding hydrogens is 268 g/mol. The summed E-state index contributed by atoms with van der Waals surface area (Å²) in [5.41, 5.74) is 0.662. The average molecular weight is 288 g/mol. The van der Waals surface area contributed by atoms with E-state index in [4.69, 9.17) is 0 Å². The molecule has 0 aliphatic rings. The van der Waals surface area contributed by atoms with Crippen LogP contribution in [0.3, 0.4) is 0 Å². The van der Waals surface area contributed by atoms with E-state index < -0.39 is 0 Å². The molecule has 0 bridgehead atoms. The molecular formula is C15H20N4O2. The van der Waals surface area contributed by atoms with Crippen LogP contribution in [0.1, 0.15) is 6.42 Å². The van der Waals surface area contributed by atoms with Gasteiger partial charge in [-0.2, -0.15) is 5.10 Å². The minimum Gasteiger partial charge on any atom is -0.344 e. The number of hydrogen-bond donors (Lipinski definition) is 1. The van der Waals surface area contributed by atoms with Gasteiger partial charge in [0.05, 0.1) is 18.3 Å². The van der Waals surface area contributed by atoms with E-state index in [1.807, 2.05) is 25.2 Å². The van der Waals surface area contributed by atoms with E-state index in [1.54, 1.807) is 22.7 Å². The largest absolute Gasteiger partial charge is 0.344 e. The van der Waals surface area contributed by atoms with Crippen molar-refractivity contribution >= 4 is 16.8 Å². The third-order valence-electron chi connectivity index (χ3n) is 3.42. The van der Waals surface area contributed by atoms with E-state index in [9.17, 15) is 9.59 Å². The van der Waals surface area contributed by atoms with E-state index in [2.05, 4.69) is 10.4 Å². The molecule has 21 heavy (non-hydrogen) atoms. The van der Waals surface area contributed by atoms with Crippen molar-refractivity contribution in [2.75, 3.05) is 27.2 Å². The number of carbonyl (C=O) groups excluding carboxylic acids is 1. The van der Waals surface area contributed by atoms with Crippen LogP contribution in [0, 0.1) is 0 Å². The Morgan fingerprint density at radius 2 is 2.14 bits per heavy atom. The van der Waals surface area contributed by atoms with Gasteiger partial charge in [-0.1, -0.05) is 12.1 Å². The average Bonchev–Trinajstić information content (AvgIpc) is 2.52. The molecule has 0 aliphatic heterocycles. The van der Waals surface area contributed by atoms with Crippen LogP contribution in [0.2, 0.25) is 0 Å². The highest BCUT2D eigenvalue weighted by Gasteiger charge is 2.09. The van der Waals surface area contributed by atoms with Crippen LogP contribution in [-0.4, -0.2) is 47.8 Å². The molecule has 6 heteroatoms. The lowest BCUT2D eigenvalue weighted by Crippen LogP contribution is -2.33. The number of rotatable bonds is 6. The second-order valence-electron chi connectivity index (χ2n) is 4.92. The molecule has 1 aromatic heterocycles. The quantitative estimate of drug-likeness (QED) is 0.839. The van der Waals surface area contributed by atoms with Crippen LogP contribution in [0.4, 0.5) is 0 Å². The summed E-state index contributed by atoms with van der Waals surface area (Å²) in [7, 11) is 3.64. The van der Waals surface area contributed by atoms with Crippen molar-refractivity contribution in [3.63, 3.8) is 0 Å². The smallest absolute Gasteiger partial charge is 0.224 e. The molecule has 2 rings (SSSR count). The highest BCUT2D eigenvalue weighted by molar-refractivity contribution is 5.79. The number of aromatic nitrogens is 2. The van der Waals surface area contributed by atoms with Crippen LogP contribution < -0.4 is 10.7 Å². The topological polar surface area (TPSA) is 67.2 Å². The fraction of sp³-hybridized carbons (Fsp3) is 0.400. The number of hydrogen-bond acceptors (Lipinski definition) is 4. The number of carbonyl (C=O) groups is 1. The molecule has 0 atom stereocenters.